The topological polar surface area (TPSA) is 38.4 Å². The molecule has 0 radical (unpaired) electrons. The van der Waals surface area contributed by atoms with Crippen LogP contribution in [0.1, 0.15) is 25.8 Å². The standard InChI is InChI=1S/C14H20N2.ClH/c1-12(2)10-11-16-14(15)9-8-13-6-4-3-5-7-13;/h3-9,12H,10-11H2,1-2H3,(H2,15,16);1H/b9-8+;. The summed E-state index contributed by atoms with van der Waals surface area (Å²) in [6, 6.07) is 10.1. The first-order valence-electron chi connectivity index (χ1n) is 5.71. The summed E-state index contributed by atoms with van der Waals surface area (Å²) >= 11 is 0. The number of benzene rings is 1. The van der Waals surface area contributed by atoms with E-state index in [9.17, 15) is 0 Å². The minimum atomic E-state index is 0. The first-order chi connectivity index (χ1) is 7.68. The maximum absolute atomic E-state index is 5.77. The summed E-state index contributed by atoms with van der Waals surface area (Å²) in [4.78, 5) is 4.29. The molecule has 1 rings (SSSR count). The summed E-state index contributed by atoms with van der Waals surface area (Å²) in [6.07, 6.45) is 4.92. The van der Waals surface area contributed by atoms with Crippen molar-refractivity contribution in [1.82, 2.24) is 0 Å². The predicted octanol–water partition coefficient (Wildman–Crippen LogP) is 3.52. The Morgan fingerprint density at radius 1 is 1.29 bits per heavy atom. The van der Waals surface area contributed by atoms with Gasteiger partial charge in [0.25, 0.3) is 0 Å². The van der Waals surface area contributed by atoms with E-state index in [0.29, 0.717) is 11.8 Å². The predicted molar refractivity (Wildman–Crippen MR) is 78.7 cm³/mol. The third-order valence-electron chi connectivity index (χ3n) is 2.25. The van der Waals surface area contributed by atoms with Gasteiger partial charge in [0.1, 0.15) is 5.84 Å². The zero-order chi connectivity index (χ0) is 11.8. The van der Waals surface area contributed by atoms with Crippen molar-refractivity contribution in [2.24, 2.45) is 16.6 Å². The van der Waals surface area contributed by atoms with Crippen molar-refractivity contribution in [3.63, 3.8) is 0 Å². The summed E-state index contributed by atoms with van der Waals surface area (Å²) in [5.41, 5.74) is 6.91. The number of hydrogen-bond acceptors (Lipinski definition) is 1. The molecule has 3 heteroatoms. The van der Waals surface area contributed by atoms with Crippen LogP contribution >= 0.6 is 12.4 Å². The van der Waals surface area contributed by atoms with Gasteiger partial charge in [-0.1, -0.05) is 50.3 Å². The Morgan fingerprint density at radius 3 is 2.53 bits per heavy atom. The Kier molecular flexibility index (Phi) is 8.16. The first kappa shape index (κ1) is 15.7. The third-order valence-corrected chi connectivity index (χ3v) is 2.25. The van der Waals surface area contributed by atoms with Gasteiger partial charge in [-0.2, -0.15) is 0 Å². The molecule has 17 heavy (non-hydrogen) atoms. The van der Waals surface area contributed by atoms with Crippen LogP contribution in [-0.4, -0.2) is 12.4 Å². The molecule has 0 spiro atoms. The fraction of sp³-hybridized carbons (Fsp3) is 0.357. The monoisotopic (exact) mass is 252 g/mol. The average molecular weight is 253 g/mol. The summed E-state index contributed by atoms with van der Waals surface area (Å²) < 4.78 is 0. The minimum Gasteiger partial charge on any atom is -0.384 e. The second-order valence-electron chi connectivity index (χ2n) is 4.23. The van der Waals surface area contributed by atoms with Crippen LogP contribution in [0.5, 0.6) is 0 Å². The van der Waals surface area contributed by atoms with Gasteiger partial charge in [-0.25, -0.2) is 0 Å². The molecule has 0 aliphatic rings. The van der Waals surface area contributed by atoms with Crippen molar-refractivity contribution in [3.05, 3.63) is 42.0 Å². The third kappa shape index (κ3) is 7.58. The van der Waals surface area contributed by atoms with Crippen molar-refractivity contribution in [1.29, 1.82) is 0 Å². The summed E-state index contributed by atoms with van der Waals surface area (Å²) in [5.74, 6) is 1.28. The van der Waals surface area contributed by atoms with E-state index in [-0.39, 0.29) is 12.4 Å². The summed E-state index contributed by atoms with van der Waals surface area (Å²) in [7, 11) is 0. The molecule has 0 atom stereocenters. The van der Waals surface area contributed by atoms with Crippen LogP contribution in [0.25, 0.3) is 6.08 Å². The van der Waals surface area contributed by atoms with Crippen LogP contribution in [-0.2, 0) is 0 Å². The maximum atomic E-state index is 5.77. The quantitative estimate of drug-likeness (QED) is 0.632. The molecule has 1 aromatic carbocycles. The van der Waals surface area contributed by atoms with Gasteiger partial charge in [-0.3, -0.25) is 4.99 Å². The molecular formula is C14H21ClN2. The van der Waals surface area contributed by atoms with E-state index in [0.717, 1.165) is 18.5 Å². The second-order valence-corrected chi connectivity index (χ2v) is 4.23. The molecule has 0 aromatic heterocycles. The Balaban J connectivity index is 0.00000256. The Bertz CT molecular complexity index is 356. The van der Waals surface area contributed by atoms with Crippen molar-refractivity contribution in [2.45, 2.75) is 20.3 Å². The maximum Gasteiger partial charge on any atom is 0.118 e. The highest BCUT2D eigenvalue weighted by molar-refractivity contribution is 5.95. The fourth-order valence-corrected chi connectivity index (χ4v) is 1.25. The molecule has 0 saturated carbocycles. The number of amidine groups is 1. The van der Waals surface area contributed by atoms with Crippen molar-refractivity contribution < 1.29 is 0 Å². The second kappa shape index (κ2) is 8.82. The van der Waals surface area contributed by atoms with E-state index in [1.807, 2.05) is 42.5 Å². The molecule has 2 nitrogen and oxygen atoms in total. The Morgan fingerprint density at radius 2 is 1.94 bits per heavy atom. The molecule has 2 N–H and O–H groups in total. The molecule has 0 aliphatic heterocycles. The number of nitrogens with zero attached hydrogens (tertiary/aromatic N) is 1. The zero-order valence-electron chi connectivity index (χ0n) is 10.5. The van der Waals surface area contributed by atoms with Gasteiger partial charge >= 0.3 is 0 Å². The van der Waals surface area contributed by atoms with E-state index in [1.165, 1.54) is 0 Å². The largest absolute Gasteiger partial charge is 0.384 e. The number of halogens is 1. The van der Waals surface area contributed by atoms with Crippen LogP contribution in [0.2, 0.25) is 0 Å². The Labute approximate surface area is 110 Å². The number of nitrogens with two attached hydrogens (primary N) is 1. The van der Waals surface area contributed by atoms with Crippen LogP contribution < -0.4 is 5.73 Å². The molecule has 0 unspecified atom stereocenters. The molecule has 0 amide bonds. The van der Waals surface area contributed by atoms with Crippen molar-refractivity contribution in [2.75, 3.05) is 6.54 Å². The summed E-state index contributed by atoms with van der Waals surface area (Å²) in [6.45, 7) is 5.18. The van der Waals surface area contributed by atoms with Gasteiger partial charge in [0.15, 0.2) is 0 Å². The SMILES string of the molecule is CC(C)CCN=C(N)/C=C/c1ccccc1.Cl. The average Bonchev–Trinajstić information content (AvgIpc) is 2.27. The lowest BCUT2D eigenvalue weighted by atomic mass is 10.1. The molecule has 1 aromatic rings. The normalized spacial score (nSPS) is 11.8. The molecular weight excluding hydrogens is 232 g/mol. The van der Waals surface area contributed by atoms with Gasteiger partial charge in [-0.15, -0.1) is 12.4 Å². The smallest absolute Gasteiger partial charge is 0.118 e. The van der Waals surface area contributed by atoms with E-state index in [4.69, 9.17) is 5.73 Å². The van der Waals surface area contributed by atoms with E-state index < -0.39 is 0 Å². The number of hydrogen-bond donors (Lipinski definition) is 1. The first-order valence-corrected chi connectivity index (χ1v) is 5.71. The number of aliphatic imine (C=N–C) groups is 1. The molecule has 0 fully saturated rings. The molecule has 0 saturated heterocycles. The highest BCUT2D eigenvalue weighted by Crippen LogP contribution is 2.01. The van der Waals surface area contributed by atoms with Crippen LogP contribution in [0.4, 0.5) is 0 Å². The lowest BCUT2D eigenvalue weighted by molar-refractivity contribution is 0.597. The van der Waals surface area contributed by atoms with Crippen LogP contribution in [0.15, 0.2) is 41.4 Å². The van der Waals surface area contributed by atoms with E-state index in [1.54, 1.807) is 0 Å². The highest BCUT2D eigenvalue weighted by atomic mass is 35.5. The van der Waals surface area contributed by atoms with Crippen molar-refractivity contribution in [3.8, 4) is 0 Å². The van der Waals surface area contributed by atoms with E-state index in [2.05, 4.69) is 18.8 Å². The molecule has 0 bridgehead atoms. The Hall–Kier alpha value is -1.28. The van der Waals surface area contributed by atoms with Crippen LogP contribution in [0.3, 0.4) is 0 Å². The minimum absolute atomic E-state index is 0. The lowest BCUT2D eigenvalue weighted by Crippen LogP contribution is -2.08. The molecule has 94 valence electrons. The lowest BCUT2D eigenvalue weighted by Gasteiger charge is -2.00. The van der Waals surface area contributed by atoms with Gasteiger partial charge in [0.2, 0.25) is 0 Å². The highest BCUT2D eigenvalue weighted by Gasteiger charge is 1.92. The molecule has 0 heterocycles. The van der Waals surface area contributed by atoms with Crippen LogP contribution in [0, 0.1) is 5.92 Å². The molecule has 0 aliphatic carbocycles. The van der Waals surface area contributed by atoms with Gasteiger partial charge < -0.3 is 5.73 Å². The fourth-order valence-electron chi connectivity index (χ4n) is 1.25. The van der Waals surface area contributed by atoms with Crippen molar-refractivity contribution >= 4 is 24.3 Å². The summed E-state index contributed by atoms with van der Waals surface area (Å²) in [5, 5.41) is 0. The van der Waals surface area contributed by atoms with Gasteiger partial charge in [0, 0.05) is 6.54 Å². The van der Waals surface area contributed by atoms with Gasteiger partial charge in [-0.05, 0) is 24.0 Å². The number of rotatable bonds is 5. The van der Waals surface area contributed by atoms with Gasteiger partial charge in [0.05, 0.1) is 0 Å². The zero-order valence-corrected chi connectivity index (χ0v) is 11.3. The van der Waals surface area contributed by atoms with E-state index >= 15 is 0 Å².